The smallest absolute Gasteiger partial charge is 0.338 e. The maximum absolute atomic E-state index is 13.0. The number of ketones is 1. The molecule has 0 saturated carbocycles. The zero-order chi connectivity index (χ0) is 19.6. The van der Waals surface area contributed by atoms with Crippen LogP contribution in [0.25, 0.3) is 0 Å². The van der Waals surface area contributed by atoms with E-state index in [1.807, 2.05) is 0 Å². The highest BCUT2D eigenvalue weighted by molar-refractivity contribution is 6.23. The molecule has 4 rings (SSSR count). The van der Waals surface area contributed by atoms with Gasteiger partial charge in [-0.15, -0.1) is 0 Å². The Hall–Kier alpha value is -2.52. The zero-order valence-corrected chi connectivity index (χ0v) is 14.0. The van der Waals surface area contributed by atoms with E-state index in [1.165, 1.54) is 19.1 Å². The van der Waals surface area contributed by atoms with Crippen LogP contribution in [0.15, 0.2) is 36.4 Å². The summed E-state index contributed by atoms with van der Waals surface area (Å²) in [5.41, 5.74) is -1.12. The Bertz CT molecular complexity index is 880. The van der Waals surface area contributed by atoms with Gasteiger partial charge in [-0.05, 0) is 31.2 Å². The highest BCUT2D eigenvalue weighted by atomic mass is 19.4. The van der Waals surface area contributed by atoms with Crippen molar-refractivity contribution in [1.29, 1.82) is 0 Å². The fourth-order valence-electron chi connectivity index (χ4n) is 3.80. The van der Waals surface area contributed by atoms with Crippen molar-refractivity contribution in [2.24, 2.45) is 11.8 Å². The lowest BCUT2D eigenvalue weighted by atomic mass is 9.83. The molecular weight excluding hydrogens is 367 g/mol. The maximum atomic E-state index is 13.0. The summed E-state index contributed by atoms with van der Waals surface area (Å²) in [5, 5.41) is 0. The van der Waals surface area contributed by atoms with Gasteiger partial charge in [-0.1, -0.05) is 12.1 Å². The highest BCUT2D eigenvalue weighted by Gasteiger charge is 2.69. The molecule has 2 saturated heterocycles. The Labute approximate surface area is 151 Å². The molecule has 3 aliphatic rings. The second-order valence-corrected chi connectivity index (χ2v) is 6.72. The second kappa shape index (κ2) is 5.74. The number of fused-ring (bicyclic) bond motifs is 5. The number of amides is 2. The van der Waals surface area contributed by atoms with Crippen LogP contribution in [-0.4, -0.2) is 36.1 Å². The van der Waals surface area contributed by atoms with E-state index in [2.05, 4.69) is 0 Å². The number of rotatable bonds is 4. The number of halogens is 3. The van der Waals surface area contributed by atoms with E-state index in [0.29, 0.717) is 0 Å². The summed E-state index contributed by atoms with van der Waals surface area (Å²) in [6.45, 7) is 0.987. The number of Topliss-reactive ketones (excluding diaryl/α,β-unsaturated/α-hetero) is 1. The van der Waals surface area contributed by atoms with Crippen molar-refractivity contribution in [3.05, 3.63) is 42.0 Å². The van der Waals surface area contributed by atoms with Crippen LogP contribution in [0.4, 0.5) is 18.9 Å². The van der Waals surface area contributed by atoms with Crippen molar-refractivity contribution in [2.75, 3.05) is 11.5 Å². The molecule has 2 bridgehead atoms. The normalized spacial score (nSPS) is 31.7. The molecule has 6 nitrogen and oxygen atoms in total. The summed E-state index contributed by atoms with van der Waals surface area (Å²) in [5.74, 6) is -5.14. The maximum Gasteiger partial charge on any atom is 0.416 e. The molecule has 142 valence electrons. The molecule has 0 N–H and O–H groups in total. The van der Waals surface area contributed by atoms with E-state index in [0.717, 1.165) is 23.1 Å². The van der Waals surface area contributed by atoms with E-state index >= 15 is 0 Å². The van der Waals surface area contributed by atoms with Gasteiger partial charge in [0.15, 0.2) is 5.78 Å². The van der Waals surface area contributed by atoms with Crippen molar-refractivity contribution >= 4 is 23.3 Å². The number of benzene rings is 1. The molecule has 3 aliphatic heterocycles. The van der Waals surface area contributed by atoms with Crippen LogP contribution < -0.4 is 4.90 Å². The van der Waals surface area contributed by atoms with Gasteiger partial charge in [0.25, 0.3) is 0 Å². The fraction of sp³-hybridized carbons (Fsp3) is 0.389. The van der Waals surface area contributed by atoms with E-state index in [1.54, 1.807) is 6.08 Å². The Balaban J connectivity index is 1.69. The predicted molar refractivity (Wildman–Crippen MR) is 84.3 cm³/mol. The molecular formula is C18H14F3NO5. The molecule has 0 aromatic heterocycles. The summed E-state index contributed by atoms with van der Waals surface area (Å²) in [4.78, 5) is 37.8. The first-order valence-corrected chi connectivity index (χ1v) is 8.20. The molecule has 0 spiro atoms. The van der Waals surface area contributed by atoms with E-state index in [4.69, 9.17) is 9.47 Å². The molecule has 1 aromatic carbocycles. The lowest BCUT2D eigenvalue weighted by molar-refractivity contribution is -0.197. The Morgan fingerprint density at radius 1 is 1.30 bits per heavy atom. The molecule has 27 heavy (non-hydrogen) atoms. The van der Waals surface area contributed by atoms with Crippen LogP contribution in [0, 0.1) is 11.8 Å². The van der Waals surface area contributed by atoms with Gasteiger partial charge in [0.2, 0.25) is 17.6 Å². The third-order valence-corrected chi connectivity index (χ3v) is 4.91. The minimum Gasteiger partial charge on any atom is -0.338 e. The first-order valence-electron chi connectivity index (χ1n) is 8.20. The summed E-state index contributed by atoms with van der Waals surface area (Å²) < 4.78 is 50.1. The van der Waals surface area contributed by atoms with Gasteiger partial charge in [-0.3, -0.25) is 14.4 Å². The number of carbonyl (C=O) groups excluding carboxylic acids is 3. The second-order valence-electron chi connectivity index (χ2n) is 6.72. The van der Waals surface area contributed by atoms with E-state index in [-0.39, 0.29) is 18.1 Å². The third kappa shape index (κ3) is 2.61. The number of hydrogen-bond acceptors (Lipinski definition) is 5. The molecule has 0 radical (unpaired) electrons. The molecule has 9 heteroatoms. The molecule has 2 amide bonds. The summed E-state index contributed by atoms with van der Waals surface area (Å²) in [7, 11) is 0. The zero-order valence-electron chi connectivity index (χ0n) is 14.0. The van der Waals surface area contributed by atoms with Crippen LogP contribution in [0.5, 0.6) is 0 Å². The van der Waals surface area contributed by atoms with Gasteiger partial charge in [0.05, 0.1) is 23.3 Å². The third-order valence-electron chi connectivity index (χ3n) is 4.91. The number of anilines is 1. The molecule has 4 atom stereocenters. The minimum absolute atomic E-state index is 0.157. The molecule has 2 fully saturated rings. The Morgan fingerprint density at radius 2 is 2.04 bits per heavy atom. The van der Waals surface area contributed by atoms with Crippen LogP contribution in [0.2, 0.25) is 0 Å². The van der Waals surface area contributed by atoms with Gasteiger partial charge < -0.3 is 9.47 Å². The standard InChI is InChI=1S/C18H14F3NO5/c1-9(23)8-26-17-6-5-12(27-17)13-14(17)16(25)22(15(13)24)11-4-2-3-10(7-11)18(19,20)21/h2-7,12-14H,8H2,1H3/t12?,13-,14+,17?/m0/s1. The monoisotopic (exact) mass is 381 g/mol. The van der Waals surface area contributed by atoms with Crippen LogP contribution in [0.3, 0.4) is 0 Å². The van der Waals surface area contributed by atoms with Gasteiger partial charge in [0.1, 0.15) is 12.5 Å². The molecule has 0 aliphatic carbocycles. The van der Waals surface area contributed by atoms with Crippen molar-refractivity contribution in [2.45, 2.75) is 25.0 Å². The number of hydrogen-bond donors (Lipinski definition) is 0. The van der Waals surface area contributed by atoms with Gasteiger partial charge in [0, 0.05) is 0 Å². The van der Waals surface area contributed by atoms with Crippen molar-refractivity contribution < 1.29 is 37.0 Å². The quantitative estimate of drug-likeness (QED) is 0.590. The van der Waals surface area contributed by atoms with Crippen molar-refractivity contribution in [1.82, 2.24) is 0 Å². The fourth-order valence-corrected chi connectivity index (χ4v) is 3.80. The summed E-state index contributed by atoms with van der Waals surface area (Å²) >= 11 is 0. The number of imide groups is 1. The number of ether oxygens (including phenoxy) is 2. The Kier molecular flexibility index (Phi) is 3.80. The van der Waals surface area contributed by atoms with Crippen molar-refractivity contribution in [3.8, 4) is 0 Å². The number of carbonyl (C=O) groups is 3. The lowest BCUT2D eigenvalue weighted by Gasteiger charge is -2.28. The lowest BCUT2D eigenvalue weighted by Crippen LogP contribution is -2.43. The van der Waals surface area contributed by atoms with Gasteiger partial charge in [-0.2, -0.15) is 13.2 Å². The van der Waals surface area contributed by atoms with Crippen LogP contribution in [-0.2, 0) is 30.0 Å². The first-order chi connectivity index (χ1) is 12.6. The topological polar surface area (TPSA) is 72.9 Å². The molecule has 1 aromatic rings. The van der Waals surface area contributed by atoms with Crippen LogP contribution in [0.1, 0.15) is 12.5 Å². The Morgan fingerprint density at radius 3 is 2.70 bits per heavy atom. The summed E-state index contributed by atoms with van der Waals surface area (Å²) in [6.07, 6.45) is -2.27. The summed E-state index contributed by atoms with van der Waals surface area (Å²) in [6, 6.07) is 4.03. The van der Waals surface area contributed by atoms with Gasteiger partial charge >= 0.3 is 6.18 Å². The van der Waals surface area contributed by atoms with E-state index < -0.39 is 47.3 Å². The largest absolute Gasteiger partial charge is 0.416 e. The minimum atomic E-state index is -4.60. The average molecular weight is 381 g/mol. The van der Waals surface area contributed by atoms with Gasteiger partial charge in [-0.25, -0.2) is 4.90 Å². The number of nitrogens with zero attached hydrogens (tertiary/aromatic N) is 1. The number of alkyl halides is 3. The predicted octanol–water partition coefficient (Wildman–Crippen LogP) is 2.08. The molecule has 2 unspecified atom stereocenters. The SMILES string of the molecule is CC(=O)COC12C=CC(O1)[C@@H]1C(=O)N(c3cccc(C(F)(F)F)c3)C(=O)[C@@H]12. The van der Waals surface area contributed by atoms with Crippen LogP contribution >= 0.6 is 0 Å². The first kappa shape index (κ1) is 17.9. The highest BCUT2D eigenvalue weighted by Crippen LogP contribution is 2.53. The van der Waals surface area contributed by atoms with Crippen molar-refractivity contribution in [3.63, 3.8) is 0 Å². The average Bonchev–Trinajstić information content (AvgIpc) is 3.23. The van der Waals surface area contributed by atoms with E-state index in [9.17, 15) is 27.6 Å². The molecule has 3 heterocycles.